The molecule has 0 spiro atoms. The monoisotopic (exact) mass is 303 g/mol. The summed E-state index contributed by atoms with van der Waals surface area (Å²) in [5, 5.41) is 10.3. The Balaban J connectivity index is 2.11. The Labute approximate surface area is 134 Å². The predicted octanol–water partition coefficient (Wildman–Crippen LogP) is 3.70. The van der Waals surface area contributed by atoms with Crippen LogP contribution in [-0.4, -0.2) is 22.5 Å². The van der Waals surface area contributed by atoms with Gasteiger partial charge in [0.15, 0.2) is 0 Å². The van der Waals surface area contributed by atoms with Crippen LogP contribution >= 0.6 is 0 Å². The zero-order chi connectivity index (χ0) is 16.3. The number of carbonyl (C=O) groups is 1. The van der Waals surface area contributed by atoms with E-state index in [1.807, 2.05) is 11.0 Å². The van der Waals surface area contributed by atoms with E-state index in [9.17, 15) is 9.90 Å². The van der Waals surface area contributed by atoms with E-state index in [0.717, 1.165) is 24.9 Å². The quantitative estimate of drug-likeness (QED) is 0.901. The first-order valence-corrected chi connectivity index (χ1v) is 8.44. The van der Waals surface area contributed by atoms with Crippen molar-refractivity contribution >= 4 is 5.91 Å². The number of nitrogens with zero attached hydrogens (tertiary/aromatic N) is 1. The molecule has 0 saturated heterocycles. The van der Waals surface area contributed by atoms with E-state index < -0.39 is 6.10 Å². The molecule has 122 valence electrons. The molecule has 0 aliphatic carbocycles. The highest BCUT2D eigenvalue weighted by atomic mass is 16.3. The molecule has 0 radical (unpaired) electrons. The molecule has 0 saturated carbocycles. The van der Waals surface area contributed by atoms with Gasteiger partial charge in [-0.2, -0.15) is 0 Å². The smallest absolute Gasteiger partial charge is 0.223 e. The molecule has 1 aliphatic heterocycles. The van der Waals surface area contributed by atoms with Crippen LogP contribution < -0.4 is 0 Å². The Bertz CT molecular complexity index is 522. The molecule has 1 unspecified atom stereocenters. The van der Waals surface area contributed by atoms with Gasteiger partial charge in [-0.1, -0.05) is 45.9 Å². The number of hydrogen-bond donors (Lipinski definition) is 1. The highest BCUT2D eigenvalue weighted by Gasteiger charge is 2.22. The van der Waals surface area contributed by atoms with Gasteiger partial charge in [0.05, 0.1) is 6.10 Å². The second-order valence-corrected chi connectivity index (χ2v) is 7.34. The molecule has 1 aromatic carbocycles. The third-order valence-corrected chi connectivity index (χ3v) is 4.26. The van der Waals surface area contributed by atoms with Crippen molar-refractivity contribution in [2.75, 3.05) is 6.54 Å². The van der Waals surface area contributed by atoms with Crippen molar-refractivity contribution in [1.82, 2.24) is 4.90 Å². The first kappa shape index (κ1) is 17.0. The minimum atomic E-state index is -0.410. The third kappa shape index (κ3) is 4.33. The van der Waals surface area contributed by atoms with Crippen LogP contribution in [-0.2, 0) is 17.8 Å². The van der Waals surface area contributed by atoms with Crippen molar-refractivity contribution in [3.63, 3.8) is 0 Å². The molecule has 2 rings (SSSR count). The Morgan fingerprint density at radius 2 is 1.91 bits per heavy atom. The lowest BCUT2D eigenvalue weighted by atomic mass is 9.93. The van der Waals surface area contributed by atoms with Crippen LogP contribution in [0.15, 0.2) is 18.2 Å². The molecule has 0 aromatic heterocycles. The molecule has 1 atom stereocenters. The van der Waals surface area contributed by atoms with Gasteiger partial charge in [-0.25, -0.2) is 0 Å². The Kier molecular flexibility index (Phi) is 5.63. The van der Waals surface area contributed by atoms with Crippen molar-refractivity contribution in [2.24, 2.45) is 11.8 Å². The maximum absolute atomic E-state index is 12.3. The third-order valence-electron chi connectivity index (χ3n) is 4.26. The second-order valence-electron chi connectivity index (χ2n) is 7.34. The fraction of sp³-hybridized carbons (Fsp3) is 0.632. The van der Waals surface area contributed by atoms with Crippen LogP contribution in [0.1, 0.15) is 63.3 Å². The topological polar surface area (TPSA) is 40.5 Å². The minimum Gasteiger partial charge on any atom is -0.388 e. The molecule has 0 bridgehead atoms. The van der Waals surface area contributed by atoms with Gasteiger partial charge in [-0.05, 0) is 41.4 Å². The van der Waals surface area contributed by atoms with Crippen LogP contribution in [0.2, 0.25) is 0 Å². The van der Waals surface area contributed by atoms with E-state index in [1.165, 1.54) is 11.1 Å². The standard InChI is InChI=1S/C19H29NO2/c1-13(2)9-18(21)16-6-5-15-7-8-20(12-17(15)11-16)19(22)10-14(3)4/h5-6,11,13-14,18,21H,7-10,12H2,1-4H3. The SMILES string of the molecule is CC(C)CC(=O)N1CCc2ccc(C(O)CC(C)C)cc2C1. The Morgan fingerprint density at radius 1 is 1.18 bits per heavy atom. The number of carbonyl (C=O) groups excluding carboxylic acids is 1. The lowest BCUT2D eigenvalue weighted by Crippen LogP contribution is -2.36. The number of benzene rings is 1. The normalized spacial score (nSPS) is 16.0. The van der Waals surface area contributed by atoms with Crippen LogP contribution in [0.4, 0.5) is 0 Å². The van der Waals surface area contributed by atoms with Gasteiger partial charge >= 0.3 is 0 Å². The van der Waals surface area contributed by atoms with Crippen molar-refractivity contribution in [2.45, 2.75) is 59.6 Å². The van der Waals surface area contributed by atoms with E-state index in [1.54, 1.807) is 0 Å². The molecule has 1 amide bonds. The fourth-order valence-electron chi connectivity index (χ4n) is 3.06. The van der Waals surface area contributed by atoms with Gasteiger partial charge in [0, 0.05) is 19.5 Å². The molecule has 3 nitrogen and oxygen atoms in total. The van der Waals surface area contributed by atoms with Crippen LogP contribution in [0.3, 0.4) is 0 Å². The minimum absolute atomic E-state index is 0.244. The average Bonchev–Trinajstić information content (AvgIpc) is 2.44. The van der Waals surface area contributed by atoms with Gasteiger partial charge < -0.3 is 10.0 Å². The van der Waals surface area contributed by atoms with Crippen molar-refractivity contribution in [3.8, 4) is 0 Å². The molecular formula is C19H29NO2. The molecule has 1 heterocycles. The summed E-state index contributed by atoms with van der Waals surface area (Å²) in [5.41, 5.74) is 3.49. The molecule has 1 aliphatic rings. The summed E-state index contributed by atoms with van der Waals surface area (Å²) in [6.07, 6.45) is 1.89. The lowest BCUT2D eigenvalue weighted by Gasteiger charge is -2.30. The van der Waals surface area contributed by atoms with E-state index in [4.69, 9.17) is 0 Å². The largest absolute Gasteiger partial charge is 0.388 e. The number of rotatable bonds is 5. The fourth-order valence-corrected chi connectivity index (χ4v) is 3.06. The lowest BCUT2D eigenvalue weighted by molar-refractivity contribution is -0.132. The number of aliphatic hydroxyl groups excluding tert-OH is 1. The Hall–Kier alpha value is -1.35. The first-order chi connectivity index (χ1) is 10.4. The van der Waals surface area contributed by atoms with Crippen molar-refractivity contribution < 1.29 is 9.90 Å². The van der Waals surface area contributed by atoms with Crippen molar-refractivity contribution in [1.29, 1.82) is 0 Å². The van der Waals surface area contributed by atoms with Crippen molar-refractivity contribution in [3.05, 3.63) is 34.9 Å². The molecule has 0 fully saturated rings. The molecule has 22 heavy (non-hydrogen) atoms. The summed E-state index contributed by atoms with van der Waals surface area (Å²) < 4.78 is 0. The van der Waals surface area contributed by atoms with Gasteiger partial charge in [-0.3, -0.25) is 4.79 Å². The molecule has 1 N–H and O–H groups in total. The van der Waals surface area contributed by atoms with Crippen LogP contribution in [0.25, 0.3) is 0 Å². The first-order valence-electron chi connectivity index (χ1n) is 8.44. The maximum Gasteiger partial charge on any atom is 0.223 e. The molecular weight excluding hydrogens is 274 g/mol. The summed E-state index contributed by atoms with van der Waals surface area (Å²) >= 11 is 0. The number of aliphatic hydroxyl groups is 1. The summed E-state index contributed by atoms with van der Waals surface area (Å²) in [6, 6.07) is 6.26. The van der Waals surface area contributed by atoms with Gasteiger partial charge in [0.25, 0.3) is 0 Å². The summed E-state index contributed by atoms with van der Waals surface area (Å²) in [5.74, 6) is 1.11. The summed E-state index contributed by atoms with van der Waals surface area (Å²) in [6.45, 7) is 9.89. The average molecular weight is 303 g/mol. The van der Waals surface area contributed by atoms with E-state index in [-0.39, 0.29) is 5.91 Å². The summed E-state index contributed by atoms with van der Waals surface area (Å²) in [4.78, 5) is 14.2. The molecule has 3 heteroatoms. The van der Waals surface area contributed by atoms with E-state index in [2.05, 4.69) is 39.8 Å². The molecule has 1 aromatic rings. The van der Waals surface area contributed by atoms with E-state index in [0.29, 0.717) is 24.8 Å². The second kappa shape index (κ2) is 7.28. The van der Waals surface area contributed by atoms with Gasteiger partial charge in [0.2, 0.25) is 5.91 Å². The van der Waals surface area contributed by atoms with Crippen LogP contribution in [0, 0.1) is 11.8 Å². The summed E-state index contributed by atoms with van der Waals surface area (Å²) in [7, 11) is 0. The number of hydrogen-bond acceptors (Lipinski definition) is 2. The number of amides is 1. The highest BCUT2D eigenvalue weighted by molar-refractivity contribution is 5.76. The zero-order valence-corrected chi connectivity index (χ0v) is 14.3. The van der Waals surface area contributed by atoms with Gasteiger partial charge in [-0.15, -0.1) is 0 Å². The maximum atomic E-state index is 12.3. The zero-order valence-electron chi connectivity index (χ0n) is 14.3. The van der Waals surface area contributed by atoms with E-state index >= 15 is 0 Å². The highest BCUT2D eigenvalue weighted by Crippen LogP contribution is 2.27. The predicted molar refractivity (Wildman–Crippen MR) is 89.4 cm³/mol. The Morgan fingerprint density at radius 3 is 2.55 bits per heavy atom. The number of fused-ring (bicyclic) bond motifs is 1. The van der Waals surface area contributed by atoms with Crippen LogP contribution in [0.5, 0.6) is 0 Å². The van der Waals surface area contributed by atoms with Gasteiger partial charge in [0.1, 0.15) is 0 Å².